The Labute approximate surface area is 168 Å². The number of amides is 1. The van der Waals surface area contributed by atoms with Crippen molar-refractivity contribution in [3.05, 3.63) is 78.5 Å². The Morgan fingerprint density at radius 2 is 1.76 bits per heavy atom. The number of aromatic nitrogens is 3. The molecule has 0 unspecified atom stereocenters. The highest BCUT2D eigenvalue weighted by molar-refractivity contribution is 5.76. The predicted molar refractivity (Wildman–Crippen MR) is 108 cm³/mol. The van der Waals surface area contributed by atoms with E-state index in [9.17, 15) is 4.79 Å². The van der Waals surface area contributed by atoms with Crippen molar-refractivity contribution >= 4 is 5.91 Å². The monoisotopic (exact) mass is 388 g/mol. The minimum Gasteiger partial charge on any atom is -0.497 e. The highest BCUT2D eigenvalue weighted by atomic mass is 16.5. The van der Waals surface area contributed by atoms with E-state index in [1.807, 2.05) is 72.9 Å². The van der Waals surface area contributed by atoms with E-state index < -0.39 is 0 Å². The molecule has 0 atom stereocenters. The standard InChI is InChI=1S/C22H20N4O3/c1-28-18-11-9-16(10-12-18)14-23-20(27)15-26-13-5-8-19(26)22-25-24-21(29-22)17-6-3-2-4-7-17/h2-13H,14-15H2,1H3,(H,23,27). The van der Waals surface area contributed by atoms with Crippen molar-refractivity contribution in [3.63, 3.8) is 0 Å². The molecule has 146 valence electrons. The lowest BCUT2D eigenvalue weighted by atomic mass is 10.2. The van der Waals surface area contributed by atoms with Crippen LogP contribution in [-0.4, -0.2) is 27.8 Å². The van der Waals surface area contributed by atoms with Crippen molar-refractivity contribution in [1.29, 1.82) is 0 Å². The van der Waals surface area contributed by atoms with Crippen LogP contribution in [0.1, 0.15) is 5.56 Å². The number of carbonyl (C=O) groups excluding carboxylic acids is 1. The molecule has 1 amide bonds. The van der Waals surface area contributed by atoms with Crippen molar-refractivity contribution in [2.75, 3.05) is 7.11 Å². The van der Waals surface area contributed by atoms with Crippen LogP contribution in [0.3, 0.4) is 0 Å². The first-order chi connectivity index (χ1) is 14.2. The van der Waals surface area contributed by atoms with E-state index in [0.717, 1.165) is 16.9 Å². The van der Waals surface area contributed by atoms with Gasteiger partial charge in [0.25, 0.3) is 5.89 Å². The Kier molecular flexibility index (Phi) is 5.38. The van der Waals surface area contributed by atoms with Crippen LogP contribution in [0.15, 0.2) is 77.3 Å². The number of carbonyl (C=O) groups is 1. The molecule has 2 aromatic heterocycles. The average molecular weight is 388 g/mol. The summed E-state index contributed by atoms with van der Waals surface area (Å²) in [4.78, 5) is 12.4. The van der Waals surface area contributed by atoms with Gasteiger partial charge in [0.05, 0.1) is 7.11 Å². The lowest BCUT2D eigenvalue weighted by molar-refractivity contribution is -0.121. The molecule has 0 spiro atoms. The van der Waals surface area contributed by atoms with Gasteiger partial charge in [-0.1, -0.05) is 30.3 Å². The van der Waals surface area contributed by atoms with E-state index in [-0.39, 0.29) is 12.5 Å². The second-order valence-corrected chi connectivity index (χ2v) is 6.42. The van der Waals surface area contributed by atoms with E-state index >= 15 is 0 Å². The Bertz CT molecular complexity index is 1080. The average Bonchev–Trinajstić information content (AvgIpc) is 3.43. The Morgan fingerprint density at radius 3 is 2.52 bits per heavy atom. The molecule has 0 saturated carbocycles. The molecule has 7 nitrogen and oxygen atoms in total. The summed E-state index contributed by atoms with van der Waals surface area (Å²) in [7, 11) is 1.62. The normalized spacial score (nSPS) is 10.7. The van der Waals surface area contributed by atoms with Gasteiger partial charge in [0.1, 0.15) is 18.0 Å². The van der Waals surface area contributed by atoms with Gasteiger partial charge in [0.15, 0.2) is 0 Å². The molecule has 29 heavy (non-hydrogen) atoms. The van der Waals surface area contributed by atoms with Crippen LogP contribution in [-0.2, 0) is 17.9 Å². The molecule has 2 aromatic carbocycles. The fourth-order valence-corrected chi connectivity index (χ4v) is 2.92. The van der Waals surface area contributed by atoms with E-state index in [2.05, 4.69) is 15.5 Å². The number of nitrogens with one attached hydrogen (secondary N) is 1. The van der Waals surface area contributed by atoms with Crippen LogP contribution < -0.4 is 10.1 Å². The molecule has 4 aromatic rings. The minimum absolute atomic E-state index is 0.110. The van der Waals surface area contributed by atoms with Gasteiger partial charge in [0, 0.05) is 18.3 Å². The van der Waals surface area contributed by atoms with Crippen molar-refractivity contribution in [2.24, 2.45) is 0 Å². The van der Waals surface area contributed by atoms with Gasteiger partial charge in [-0.3, -0.25) is 4.79 Å². The molecule has 0 aliphatic carbocycles. The van der Waals surface area contributed by atoms with Gasteiger partial charge >= 0.3 is 0 Å². The number of hydrogen-bond donors (Lipinski definition) is 1. The highest BCUT2D eigenvalue weighted by Gasteiger charge is 2.15. The molecule has 0 aliphatic rings. The van der Waals surface area contributed by atoms with Gasteiger partial charge in [-0.2, -0.15) is 0 Å². The van der Waals surface area contributed by atoms with Crippen LogP contribution in [0, 0.1) is 0 Å². The fourth-order valence-electron chi connectivity index (χ4n) is 2.92. The number of methoxy groups -OCH3 is 1. The summed E-state index contributed by atoms with van der Waals surface area (Å²) in [6.45, 7) is 0.597. The zero-order valence-electron chi connectivity index (χ0n) is 15.9. The first kappa shape index (κ1) is 18.5. The first-order valence-corrected chi connectivity index (χ1v) is 9.17. The van der Waals surface area contributed by atoms with Crippen molar-refractivity contribution in [2.45, 2.75) is 13.1 Å². The maximum Gasteiger partial charge on any atom is 0.264 e. The third-order valence-corrected chi connectivity index (χ3v) is 4.46. The van der Waals surface area contributed by atoms with E-state index in [4.69, 9.17) is 9.15 Å². The third kappa shape index (κ3) is 4.35. The maximum atomic E-state index is 12.4. The largest absolute Gasteiger partial charge is 0.497 e. The molecule has 0 radical (unpaired) electrons. The van der Waals surface area contributed by atoms with Crippen LogP contribution in [0.25, 0.3) is 23.0 Å². The maximum absolute atomic E-state index is 12.4. The third-order valence-electron chi connectivity index (χ3n) is 4.46. The molecule has 0 aliphatic heterocycles. The molecule has 0 saturated heterocycles. The van der Waals surface area contributed by atoms with Gasteiger partial charge in [0.2, 0.25) is 11.8 Å². The summed E-state index contributed by atoms with van der Waals surface area (Å²) in [5, 5.41) is 11.2. The number of ether oxygens (including phenoxy) is 1. The second kappa shape index (κ2) is 8.43. The van der Waals surface area contributed by atoms with E-state index in [1.165, 1.54) is 0 Å². The van der Waals surface area contributed by atoms with Gasteiger partial charge in [-0.15, -0.1) is 10.2 Å². The quantitative estimate of drug-likeness (QED) is 0.524. The van der Waals surface area contributed by atoms with Gasteiger partial charge < -0.3 is 19.0 Å². The predicted octanol–water partition coefficient (Wildman–Crippen LogP) is 3.53. The van der Waals surface area contributed by atoms with Gasteiger partial charge in [-0.05, 0) is 42.0 Å². The van der Waals surface area contributed by atoms with Crippen LogP contribution in [0.5, 0.6) is 5.75 Å². The van der Waals surface area contributed by atoms with Crippen LogP contribution in [0.2, 0.25) is 0 Å². The first-order valence-electron chi connectivity index (χ1n) is 9.17. The van der Waals surface area contributed by atoms with Crippen LogP contribution in [0.4, 0.5) is 0 Å². The van der Waals surface area contributed by atoms with Crippen molar-refractivity contribution in [3.8, 4) is 28.8 Å². The molecular formula is C22H20N4O3. The van der Waals surface area contributed by atoms with E-state index in [0.29, 0.717) is 24.0 Å². The zero-order chi connectivity index (χ0) is 20.1. The molecule has 1 N–H and O–H groups in total. The molecule has 7 heteroatoms. The van der Waals surface area contributed by atoms with Crippen LogP contribution >= 0.6 is 0 Å². The minimum atomic E-state index is -0.110. The molecule has 2 heterocycles. The molecule has 0 bridgehead atoms. The molecular weight excluding hydrogens is 368 g/mol. The summed E-state index contributed by atoms with van der Waals surface area (Å²) >= 11 is 0. The van der Waals surface area contributed by atoms with E-state index in [1.54, 1.807) is 11.7 Å². The smallest absolute Gasteiger partial charge is 0.264 e. The Hall–Kier alpha value is -3.87. The lowest BCUT2D eigenvalue weighted by Gasteiger charge is -2.09. The number of rotatable bonds is 7. The summed E-state index contributed by atoms with van der Waals surface area (Å²) in [6, 6.07) is 20.8. The van der Waals surface area contributed by atoms with Crippen molar-refractivity contribution in [1.82, 2.24) is 20.1 Å². The zero-order valence-corrected chi connectivity index (χ0v) is 15.9. The Balaban J connectivity index is 1.41. The van der Waals surface area contributed by atoms with Gasteiger partial charge in [-0.25, -0.2) is 0 Å². The van der Waals surface area contributed by atoms with Crippen molar-refractivity contribution < 1.29 is 13.9 Å². The second-order valence-electron chi connectivity index (χ2n) is 6.42. The molecule has 0 fully saturated rings. The SMILES string of the molecule is COc1ccc(CNC(=O)Cn2cccc2-c2nnc(-c3ccccc3)o2)cc1. The number of hydrogen-bond acceptors (Lipinski definition) is 5. The molecule has 4 rings (SSSR count). The summed E-state index contributed by atoms with van der Waals surface area (Å²) in [5.41, 5.74) is 2.54. The Morgan fingerprint density at radius 1 is 1.00 bits per heavy atom. The summed E-state index contributed by atoms with van der Waals surface area (Å²) < 4.78 is 12.7. The fraction of sp³-hybridized carbons (Fsp3) is 0.136. The lowest BCUT2D eigenvalue weighted by Crippen LogP contribution is -2.27. The summed E-state index contributed by atoms with van der Waals surface area (Å²) in [6.07, 6.45) is 1.81. The number of benzene rings is 2. The highest BCUT2D eigenvalue weighted by Crippen LogP contribution is 2.24. The summed E-state index contributed by atoms with van der Waals surface area (Å²) in [5.74, 6) is 1.49. The number of nitrogens with zero attached hydrogens (tertiary/aromatic N) is 3. The topological polar surface area (TPSA) is 82.2 Å².